The van der Waals surface area contributed by atoms with Gasteiger partial charge in [0, 0.05) is 6.04 Å². The van der Waals surface area contributed by atoms with E-state index >= 15 is 0 Å². The molecule has 1 aliphatic rings. The first-order valence-electron chi connectivity index (χ1n) is 5.22. The standard InChI is InChI=1S/C9H12F3N3O2/c10-9(11,12)5-16-4-8-14-7(15-17-8)3-13-6-1-2-6/h6,13H,1-5H2. The summed E-state index contributed by atoms with van der Waals surface area (Å²) in [6.07, 6.45) is -2.06. The molecule has 0 unspecified atom stereocenters. The first kappa shape index (κ1) is 12.3. The number of ether oxygens (including phenoxy) is 1. The van der Waals surface area contributed by atoms with Crippen LogP contribution >= 0.6 is 0 Å². The van der Waals surface area contributed by atoms with E-state index in [0.717, 1.165) is 12.8 Å². The van der Waals surface area contributed by atoms with Gasteiger partial charge in [-0.2, -0.15) is 18.2 Å². The van der Waals surface area contributed by atoms with Gasteiger partial charge < -0.3 is 14.6 Å². The number of aromatic nitrogens is 2. The molecule has 0 radical (unpaired) electrons. The molecule has 0 spiro atoms. The van der Waals surface area contributed by atoms with Crippen molar-refractivity contribution < 1.29 is 22.4 Å². The van der Waals surface area contributed by atoms with E-state index in [-0.39, 0.29) is 12.5 Å². The predicted octanol–water partition coefficient (Wildman–Crippen LogP) is 1.40. The number of nitrogens with one attached hydrogen (secondary N) is 1. The third-order valence-corrected chi connectivity index (χ3v) is 2.13. The van der Waals surface area contributed by atoms with E-state index in [1.807, 2.05) is 0 Å². The minimum Gasteiger partial charge on any atom is -0.362 e. The first-order valence-corrected chi connectivity index (χ1v) is 5.22. The Hall–Kier alpha value is -1.15. The van der Waals surface area contributed by atoms with E-state index in [0.29, 0.717) is 18.4 Å². The highest BCUT2D eigenvalue weighted by Gasteiger charge is 2.27. The number of hydrogen-bond donors (Lipinski definition) is 1. The molecular formula is C9H12F3N3O2. The van der Waals surface area contributed by atoms with Crippen LogP contribution in [0.3, 0.4) is 0 Å². The Labute approximate surface area is 95.3 Å². The highest BCUT2D eigenvalue weighted by Crippen LogP contribution is 2.19. The Morgan fingerprint density at radius 1 is 1.41 bits per heavy atom. The second-order valence-electron chi connectivity index (χ2n) is 3.87. The molecule has 1 N–H and O–H groups in total. The summed E-state index contributed by atoms with van der Waals surface area (Å²) in [6.45, 7) is -1.17. The molecule has 0 atom stereocenters. The zero-order chi connectivity index (χ0) is 12.3. The fourth-order valence-electron chi connectivity index (χ4n) is 1.20. The van der Waals surface area contributed by atoms with E-state index in [1.165, 1.54) is 0 Å². The Kier molecular flexibility index (Phi) is 3.63. The fourth-order valence-corrected chi connectivity index (χ4v) is 1.20. The van der Waals surface area contributed by atoms with Crippen molar-refractivity contribution >= 4 is 0 Å². The molecule has 17 heavy (non-hydrogen) atoms. The Balaban J connectivity index is 1.69. The molecule has 1 saturated carbocycles. The van der Waals surface area contributed by atoms with Crippen molar-refractivity contribution in [3.63, 3.8) is 0 Å². The molecule has 2 rings (SSSR count). The molecule has 1 fully saturated rings. The lowest BCUT2D eigenvalue weighted by atomic mass is 10.5. The Morgan fingerprint density at radius 2 is 2.18 bits per heavy atom. The number of hydrogen-bond acceptors (Lipinski definition) is 5. The molecule has 0 saturated heterocycles. The maximum atomic E-state index is 11.8. The maximum Gasteiger partial charge on any atom is 0.411 e. The third-order valence-electron chi connectivity index (χ3n) is 2.13. The topological polar surface area (TPSA) is 60.2 Å². The van der Waals surface area contributed by atoms with Gasteiger partial charge >= 0.3 is 6.18 Å². The lowest BCUT2D eigenvalue weighted by Crippen LogP contribution is -2.17. The van der Waals surface area contributed by atoms with Crippen molar-refractivity contribution in [3.8, 4) is 0 Å². The summed E-state index contributed by atoms with van der Waals surface area (Å²) in [5.74, 6) is 0.490. The number of rotatable bonds is 6. The van der Waals surface area contributed by atoms with Crippen LogP contribution in [-0.4, -0.2) is 29.0 Å². The lowest BCUT2D eigenvalue weighted by Gasteiger charge is -2.04. The molecule has 0 amide bonds. The summed E-state index contributed by atoms with van der Waals surface area (Å²) < 4.78 is 44.5. The predicted molar refractivity (Wildman–Crippen MR) is 49.9 cm³/mol. The summed E-state index contributed by atoms with van der Waals surface area (Å²) in [4.78, 5) is 3.90. The van der Waals surface area contributed by atoms with Crippen LogP contribution in [-0.2, 0) is 17.9 Å². The molecule has 96 valence electrons. The summed E-state index contributed by atoms with van der Waals surface area (Å²) in [5.41, 5.74) is 0. The van der Waals surface area contributed by atoms with Crippen LogP contribution in [0.15, 0.2) is 4.52 Å². The van der Waals surface area contributed by atoms with Gasteiger partial charge in [-0.05, 0) is 12.8 Å². The summed E-state index contributed by atoms with van der Waals surface area (Å²) in [6, 6.07) is 0.512. The maximum absolute atomic E-state index is 11.8. The molecule has 8 heteroatoms. The zero-order valence-corrected chi connectivity index (χ0v) is 8.96. The SMILES string of the molecule is FC(F)(F)COCc1nc(CNC2CC2)no1. The van der Waals surface area contributed by atoms with Gasteiger partial charge in [0.05, 0.1) is 6.54 Å². The number of alkyl halides is 3. The summed E-state index contributed by atoms with van der Waals surface area (Å²) >= 11 is 0. The van der Waals surface area contributed by atoms with Crippen LogP contribution < -0.4 is 5.32 Å². The normalized spacial score (nSPS) is 16.4. The van der Waals surface area contributed by atoms with Gasteiger partial charge in [0.2, 0.25) is 0 Å². The van der Waals surface area contributed by atoms with Gasteiger partial charge in [-0.3, -0.25) is 0 Å². The minimum absolute atomic E-state index is 0.0573. The Morgan fingerprint density at radius 3 is 2.82 bits per heavy atom. The van der Waals surface area contributed by atoms with Crippen LogP contribution in [0.4, 0.5) is 13.2 Å². The van der Waals surface area contributed by atoms with Gasteiger partial charge in [-0.15, -0.1) is 0 Å². The second kappa shape index (κ2) is 5.01. The number of nitrogens with zero attached hydrogens (tertiary/aromatic N) is 2. The van der Waals surface area contributed by atoms with Crippen molar-refractivity contribution in [1.29, 1.82) is 0 Å². The first-order chi connectivity index (χ1) is 8.03. The van der Waals surface area contributed by atoms with E-state index < -0.39 is 12.8 Å². The van der Waals surface area contributed by atoms with Crippen LogP contribution in [0, 0.1) is 0 Å². The van der Waals surface area contributed by atoms with Crippen molar-refractivity contribution in [1.82, 2.24) is 15.5 Å². The molecular weight excluding hydrogens is 239 g/mol. The molecule has 0 bridgehead atoms. The van der Waals surface area contributed by atoms with Crippen LogP contribution in [0.25, 0.3) is 0 Å². The average Bonchev–Trinajstić information content (AvgIpc) is 2.95. The van der Waals surface area contributed by atoms with Crippen molar-refractivity contribution in [3.05, 3.63) is 11.7 Å². The Bertz CT molecular complexity index is 363. The van der Waals surface area contributed by atoms with E-state index in [2.05, 4.69) is 20.2 Å². The molecule has 1 aromatic heterocycles. The summed E-state index contributed by atoms with van der Waals surface area (Å²) in [5, 5.41) is 6.78. The van der Waals surface area contributed by atoms with E-state index in [1.54, 1.807) is 0 Å². The van der Waals surface area contributed by atoms with Crippen LogP contribution in [0.1, 0.15) is 24.6 Å². The minimum atomic E-state index is -4.34. The van der Waals surface area contributed by atoms with E-state index in [4.69, 9.17) is 4.52 Å². The van der Waals surface area contributed by atoms with Crippen LogP contribution in [0.2, 0.25) is 0 Å². The molecule has 5 nitrogen and oxygen atoms in total. The fraction of sp³-hybridized carbons (Fsp3) is 0.778. The van der Waals surface area contributed by atoms with Crippen molar-refractivity contribution in [2.75, 3.05) is 6.61 Å². The molecule has 1 aromatic rings. The quantitative estimate of drug-likeness (QED) is 0.828. The average molecular weight is 251 g/mol. The van der Waals surface area contributed by atoms with Gasteiger partial charge in [0.1, 0.15) is 13.2 Å². The van der Waals surface area contributed by atoms with E-state index in [9.17, 15) is 13.2 Å². The second-order valence-corrected chi connectivity index (χ2v) is 3.87. The zero-order valence-electron chi connectivity index (χ0n) is 8.96. The van der Waals surface area contributed by atoms with Crippen molar-refractivity contribution in [2.24, 2.45) is 0 Å². The largest absolute Gasteiger partial charge is 0.411 e. The molecule has 1 aliphatic carbocycles. The van der Waals surface area contributed by atoms with Gasteiger partial charge in [0.15, 0.2) is 5.82 Å². The summed E-state index contributed by atoms with van der Waals surface area (Å²) in [7, 11) is 0. The number of halogens is 3. The highest BCUT2D eigenvalue weighted by atomic mass is 19.4. The molecule has 0 aromatic carbocycles. The van der Waals surface area contributed by atoms with Gasteiger partial charge in [0.25, 0.3) is 5.89 Å². The third kappa shape index (κ3) is 4.70. The highest BCUT2D eigenvalue weighted by molar-refractivity contribution is 4.88. The molecule has 1 heterocycles. The monoisotopic (exact) mass is 251 g/mol. The van der Waals surface area contributed by atoms with Crippen molar-refractivity contribution in [2.45, 2.75) is 38.2 Å². The van der Waals surface area contributed by atoms with Gasteiger partial charge in [-0.1, -0.05) is 5.16 Å². The smallest absolute Gasteiger partial charge is 0.362 e. The van der Waals surface area contributed by atoms with Gasteiger partial charge in [-0.25, -0.2) is 0 Å². The molecule has 0 aliphatic heterocycles. The van der Waals surface area contributed by atoms with Crippen LogP contribution in [0.5, 0.6) is 0 Å². The lowest BCUT2D eigenvalue weighted by molar-refractivity contribution is -0.178.